The zero-order valence-electron chi connectivity index (χ0n) is 15.6. The molecule has 1 aromatic rings. The number of aromatic nitrogens is 2. The Bertz CT molecular complexity index is 822. The Kier molecular flexibility index (Phi) is 5.25. The normalized spacial score (nSPS) is 23.8. The van der Waals surface area contributed by atoms with Crippen molar-refractivity contribution in [1.82, 2.24) is 14.5 Å². The van der Waals surface area contributed by atoms with Crippen molar-refractivity contribution in [2.24, 2.45) is 5.92 Å². The standard InChI is InChI=1S/C19H25N3O4S/c1-2-26-18(25)12-5-4-8-21(10-12)16(23)9-13-11-27-19-20-15-7-3-6-14(15)17(24)22(13)19/h12-13H,2-11H2,1H3/t12-,13+/m1/s1. The second kappa shape index (κ2) is 7.66. The highest BCUT2D eigenvalue weighted by molar-refractivity contribution is 7.99. The Morgan fingerprint density at radius 1 is 1.30 bits per heavy atom. The molecule has 1 aromatic heterocycles. The number of fused-ring (bicyclic) bond motifs is 2. The number of hydrogen-bond acceptors (Lipinski definition) is 6. The van der Waals surface area contributed by atoms with Crippen molar-refractivity contribution in [3.63, 3.8) is 0 Å². The minimum Gasteiger partial charge on any atom is -0.466 e. The van der Waals surface area contributed by atoms with Gasteiger partial charge in [0.05, 0.1) is 24.3 Å². The first-order valence-electron chi connectivity index (χ1n) is 9.80. The molecule has 0 aromatic carbocycles. The van der Waals surface area contributed by atoms with E-state index >= 15 is 0 Å². The van der Waals surface area contributed by atoms with Crippen molar-refractivity contribution in [2.45, 2.75) is 56.6 Å². The molecule has 1 aliphatic carbocycles. The third-order valence-electron chi connectivity index (χ3n) is 5.68. The maximum Gasteiger partial charge on any atom is 0.310 e. The average Bonchev–Trinajstić information content (AvgIpc) is 3.30. The molecule has 2 atom stereocenters. The van der Waals surface area contributed by atoms with E-state index in [2.05, 4.69) is 4.98 Å². The number of rotatable bonds is 4. The number of esters is 1. The Balaban J connectivity index is 1.46. The molecule has 3 aliphatic rings. The summed E-state index contributed by atoms with van der Waals surface area (Å²) in [5, 5.41) is 0.751. The molecule has 0 unspecified atom stereocenters. The lowest BCUT2D eigenvalue weighted by atomic mass is 9.97. The molecule has 0 radical (unpaired) electrons. The first-order chi connectivity index (χ1) is 13.1. The van der Waals surface area contributed by atoms with E-state index in [0.29, 0.717) is 25.4 Å². The van der Waals surface area contributed by atoms with Crippen molar-refractivity contribution in [3.05, 3.63) is 21.6 Å². The monoisotopic (exact) mass is 391 g/mol. The highest BCUT2D eigenvalue weighted by Gasteiger charge is 2.34. The molecular weight excluding hydrogens is 366 g/mol. The molecule has 146 valence electrons. The summed E-state index contributed by atoms with van der Waals surface area (Å²) in [6.45, 7) is 3.24. The number of hydrogen-bond donors (Lipinski definition) is 0. The van der Waals surface area contributed by atoms with Crippen molar-refractivity contribution < 1.29 is 14.3 Å². The van der Waals surface area contributed by atoms with Crippen molar-refractivity contribution in [2.75, 3.05) is 25.4 Å². The molecule has 1 saturated heterocycles. The molecule has 3 heterocycles. The summed E-state index contributed by atoms with van der Waals surface area (Å²) in [4.78, 5) is 44.2. The lowest BCUT2D eigenvalue weighted by molar-refractivity contribution is -0.151. The molecule has 0 N–H and O–H groups in total. The van der Waals surface area contributed by atoms with E-state index in [1.807, 2.05) is 0 Å². The summed E-state index contributed by atoms with van der Waals surface area (Å²) in [5.41, 5.74) is 1.82. The van der Waals surface area contributed by atoms with E-state index in [1.165, 1.54) is 0 Å². The summed E-state index contributed by atoms with van der Waals surface area (Å²) >= 11 is 1.56. The molecule has 0 spiro atoms. The largest absolute Gasteiger partial charge is 0.466 e. The zero-order chi connectivity index (χ0) is 19.0. The maximum absolute atomic E-state index is 12.9. The van der Waals surface area contributed by atoms with Crippen molar-refractivity contribution in [3.8, 4) is 0 Å². The van der Waals surface area contributed by atoms with Gasteiger partial charge in [-0.2, -0.15) is 0 Å². The van der Waals surface area contributed by atoms with Gasteiger partial charge in [0.2, 0.25) is 5.91 Å². The third-order valence-corrected chi connectivity index (χ3v) is 6.77. The second-order valence-corrected chi connectivity index (χ2v) is 8.44. The van der Waals surface area contributed by atoms with Crippen LogP contribution in [0.3, 0.4) is 0 Å². The van der Waals surface area contributed by atoms with E-state index in [4.69, 9.17) is 4.74 Å². The Labute approximate surface area is 162 Å². The number of likely N-dealkylation sites (tertiary alicyclic amines) is 1. The van der Waals surface area contributed by atoms with Gasteiger partial charge >= 0.3 is 5.97 Å². The van der Waals surface area contributed by atoms with Crippen molar-refractivity contribution >= 4 is 23.6 Å². The van der Waals surface area contributed by atoms with Crippen LogP contribution in [0.15, 0.2) is 9.95 Å². The molecule has 0 bridgehead atoms. The molecular formula is C19H25N3O4S. The van der Waals surface area contributed by atoms with Crippen LogP contribution >= 0.6 is 11.8 Å². The molecule has 7 nitrogen and oxygen atoms in total. The molecule has 1 fully saturated rings. The first-order valence-corrected chi connectivity index (χ1v) is 10.8. The number of ether oxygens (including phenoxy) is 1. The minimum atomic E-state index is -0.236. The van der Waals surface area contributed by atoms with Gasteiger partial charge in [-0.3, -0.25) is 19.0 Å². The SMILES string of the molecule is CCOC(=O)[C@@H]1CCCN(C(=O)C[C@H]2CSc3nc4c(c(=O)n32)CCC4)C1. The van der Waals surface area contributed by atoms with Crippen LogP contribution in [0.2, 0.25) is 0 Å². The van der Waals surface area contributed by atoms with Crippen LogP contribution in [0.1, 0.15) is 49.9 Å². The molecule has 27 heavy (non-hydrogen) atoms. The van der Waals surface area contributed by atoms with Gasteiger partial charge in [0, 0.05) is 30.8 Å². The smallest absolute Gasteiger partial charge is 0.310 e. The topological polar surface area (TPSA) is 81.5 Å². The number of aryl methyl sites for hydroxylation is 1. The third kappa shape index (κ3) is 3.51. The van der Waals surface area contributed by atoms with Crippen LogP contribution in [-0.4, -0.2) is 51.8 Å². The van der Waals surface area contributed by atoms with Crippen molar-refractivity contribution in [1.29, 1.82) is 0 Å². The molecule has 4 rings (SSSR count). The number of nitrogens with zero attached hydrogens (tertiary/aromatic N) is 3. The van der Waals surface area contributed by atoms with E-state index in [1.54, 1.807) is 28.2 Å². The molecule has 8 heteroatoms. The lowest BCUT2D eigenvalue weighted by Crippen LogP contribution is -2.43. The van der Waals surface area contributed by atoms with E-state index in [0.717, 1.165) is 48.5 Å². The first kappa shape index (κ1) is 18.5. The summed E-state index contributed by atoms with van der Waals surface area (Å²) in [7, 11) is 0. The van der Waals surface area contributed by atoms with Crippen LogP contribution in [0.4, 0.5) is 0 Å². The summed E-state index contributed by atoms with van der Waals surface area (Å²) < 4.78 is 6.85. The number of piperidine rings is 1. The fourth-order valence-electron chi connectivity index (χ4n) is 4.29. The van der Waals surface area contributed by atoms with Crippen LogP contribution in [0, 0.1) is 5.92 Å². The number of carbonyl (C=O) groups excluding carboxylic acids is 2. The fraction of sp³-hybridized carbons (Fsp3) is 0.684. The zero-order valence-corrected chi connectivity index (χ0v) is 16.4. The predicted octanol–water partition coefficient (Wildman–Crippen LogP) is 1.57. The van der Waals surface area contributed by atoms with Gasteiger partial charge in [-0.1, -0.05) is 11.8 Å². The number of carbonyl (C=O) groups is 2. The van der Waals surface area contributed by atoms with Crippen LogP contribution in [-0.2, 0) is 27.2 Å². The number of thioether (sulfide) groups is 1. The summed E-state index contributed by atoms with van der Waals surface area (Å²) in [6, 6.07) is -0.147. The molecule has 2 aliphatic heterocycles. The Morgan fingerprint density at radius 3 is 2.96 bits per heavy atom. The second-order valence-electron chi connectivity index (χ2n) is 7.45. The van der Waals surface area contributed by atoms with Crippen LogP contribution in [0.25, 0.3) is 0 Å². The van der Waals surface area contributed by atoms with Gasteiger partial charge in [-0.15, -0.1) is 0 Å². The molecule has 1 amide bonds. The van der Waals surface area contributed by atoms with Gasteiger partial charge in [-0.25, -0.2) is 4.98 Å². The quantitative estimate of drug-likeness (QED) is 0.572. The Morgan fingerprint density at radius 2 is 2.15 bits per heavy atom. The molecule has 0 saturated carbocycles. The minimum absolute atomic E-state index is 0.00912. The van der Waals surface area contributed by atoms with E-state index in [9.17, 15) is 14.4 Å². The van der Waals surface area contributed by atoms with E-state index in [-0.39, 0.29) is 35.8 Å². The number of amides is 1. The predicted molar refractivity (Wildman–Crippen MR) is 101 cm³/mol. The Hall–Kier alpha value is -1.83. The highest BCUT2D eigenvalue weighted by atomic mass is 32.2. The van der Waals surface area contributed by atoms with Gasteiger partial charge in [0.15, 0.2) is 5.16 Å². The maximum atomic E-state index is 12.9. The fourth-order valence-corrected chi connectivity index (χ4v) is 5.44. The van der Waals surface area contributed by atoms with Gasteiger partial charge in [-0.05, 0) is 39.0 Å². The lowest BCUT2D eigenvalue weighted by Gasteiger charge is -2.32. The summed E-state index contributed by atoms with van der Waals surface area (Å²) in [5.74, 6) is 0.259. The van der Waals surface area contributed by atoms with Crippen LogP contribution < -0.4 is 5.56 Å². The van der Waals surface area contributed by atoms with E-state index < -0.39 is 0 Å². The van der Waals surface area contributed by atoms with Gasteiger partial charge < -0.3 is 9.64 Å². The van der Waals surface area contributed by atoms with Crippen LogP contribution in [0.5, 0.6) is 0 Å². The summed E-state index contributed by atoms with van der Waals surface area (Å²) in [6.07, 6.45) is 4.51. The van der Waals surface area contributed by atoms with Gasteiger partial charge in [0.25, 0.3) is 5.56 Å². The average molecular weight is 391 g/mol. The highest BCUT2D eigenvalue weighted by Crippen LogP contribution is 2.34. The van der Waals surface area contributed by atoms with Gasteiger partial charge in [0.1, 0.15) is 0 Å².